The van der Waals surface area contributed by atoms with Gasteiger partial charge in [-0.2, -0.15) is 13.2 Å². The molecule has 0 spiro atoms. The van der Waals surface area contributed by atoms with E-state index in [2.05, 4.69) is 5.32 Å². The average molecular weight is 570 g/mol. The predicted octanol–water partition coefficient (Wildman–Crippen LogP) is 6.25. The molecule has 4 aromatic rings. The first-order chi connectivity index (χ1) is 19.1. The highest BCUT2D eigenvalue weighted by atomic mass is 32.1. The van der Waals surface area contributed by atoms with Crippen LogP contribution in [0.4, 0.5) is 18.3 Å². The average Bonchev–Trinajstić information content (AvgIpc) is 3.43. The van der Waals surface area contributed by atoms with Crippen LogP contribution in [-0.4, -0.2) is 35.6 Å². The van der Waals surface area contributed by atoms with E-state index in [9.17, 15) is 22.8 Å². The molecule has 1 aromatic heterocycles. The number of carboxylic acids is 1. The summed E-state index contributed by atoms with van der Waals surface area (Å²) in [6.07, 6.45) is -4.59. The maximum Gasteiger partial charge on any atom is 0.416 e. The maximum absolute atomic E-state index is 13.1. The molecule has 0 aliphatic rings. The molecular formula is C29H26F3N3O4S. The minimum absolute atomic E-state index is 0.0243. The van der Waals surface area contributed by atoms with Crippen molar-refractivity contribution in [3.8, 4) is 17.0 Å². The number of hydrogen-bond acceptors (Lipinski definition) is 6. The number of nitrogens with zero attached hydrogens (tertiary/aromatic N) is 2. The normalized spacial score (nSPS) is 11.2. The Morgan fingerprint density at radius 1 is 1.00 bits per heavy atom. The number of carbonyl (C=O) groups excluding carboxylic acids is 1. The minimum atomic E-state index is -4.42. The summed E-state index contributed by atoms with van der Waals surface area (Å²) >= 11 is 1.41. The number of thiazole rings is 1. The van der Waals surface area contributed by atoms with Gasteiger partial charge in [0.25, 0.3) is 5.91 Å². The number of nitrogens with one attached hydrogen (secondary N) is 1. The van der Waals surface area contributed by atoms with Gasteiger partial charge in [-0.05, 0) is 47.5 Å². The number of alkyl halides is 3. The second-order valence-electron chi connectivity index (χ2n) is 8.89. The Hall–Kier alpha value is -4.38. The van der Waals surface area contributed by atoms with E-state index in [-0.39, 0.29) is 18.9 Å². The molecular weight excluding hydrogens is 543 g/mol. The van der Waals surface area contributed by atoms with E-state index in [1.54, 1.807) is 31.4 Å². The van der Waals surface area contributed by atoms with E-state index in [4.69, 9.17) is 14.8 Å². The number of rotatable bonds is 11. The summed E-state index contributed by atoms with van der Waals surface area (Å²) in [6.45, 7) is 0.712. The molecule has 4 rings (SSSR count). The molecule has 2 N–H and O–H groups in total. The number of carbonyl (C=O) groups is 2. The Balaban J connectivity index is 1.56. The lowest BCUT2D eigenvalue weighted by molar-refractivity contribution is -0.138. The molecule has 40 heavy (non-hydrogen) atoms. The molecule has 0 saturated heterocycles. The van der Waals surface area contributed by atoms with E-state index in [1.165, 1.54) is 23.5 Å². The number of benzene rings is 3. The highest BCUT2D eigenvalue weighted by Crippen LogP contribution is 2.32. The second-order valence-corrected chi connectivity index (χ2v) is 9.73. The number of aliphatic carboxylic acids is 1. The van der Waals surface area contributed by atoms with Gasteiger partial charge in [-0.3, -0.25) is 9.59 Å². The molecule has 0 atom stereocenters. The van der Waals surface area contributed by atoms with Gasteiger partial charge in [0.2, 0.25) is 0 Å². The SMILES string of the molecule is COc1cccc(-c2csc(N(Cc3ccc(C(=O)NCCC(=O)O)cc3)Cc3ccc(C(F)(F)F)cc3)n2)c1. The van der Waals surface area contributed by atoms with Crippen molar-refractivity contribution in [1.82, 2.24) is 10.3 Å². The fraction of sp³-hybridized carbons (Fsp3) is 0.207. The van der Waals surface area contributed by atoms with Crippen molar-refractivity contribution < 1.29 is 32.6 Å². The van der Waals surface area contributed by atoms with Crippen LogP contribution in [0.1, 0.15) is 33.5 Å². The number of carboxylic acid groups (broad SMARTS) is 1. The summed E-state index contributed by atoms with van der Waals surface area (Å²) in [5.74, 6) is -0.682. The lowest BCUT2D eigenvalue weighted by atomic mass is 10.1. The van der Waals surface area contributed by atoms with Gasteiger partial charge in [-0.1, -0.05) is 36.4 Å². The van der Waals surface area contributed by atoms with Crippen molar-refractivity contribution >= 4 is 28.3 Å². The Morgan fingerprint density at radius 2 is 1.65 bits per heavy atom. The monoisotopic (exact) mass is 569 g/mol. The minimum Gasteiger partial charge on any atom is -0.497 e. The zero-order valence-corrected chi connectivity index (χ0v) is 22.3. The molecule has 0 saturated carbocycles. The van der Waals surface area contributed by atoms with Crippen molar-refractivity contribution in [2.24, 2.45) is 0 Å². The zero-order chi connectivity index (χ0) is 28.7. The lowest BCUT2D eigenvalue weighted by Crippen LogP contribution is -2.26. The molecule has 3 aromatic carbocycles. The maximum atomic E-state index is 13.1. The van der Waals surface area contributed by atoms with E-state index >= 15 is 0 Å². The van der Waals surface area contributed by atoms with Crippen LogP contribution in [0.3, 0.4) is 0 Å². The zero-order valence-electron chi connectivity index (χ0n) is 21.4. The number of amides is 1. The van der Waals surface area contributed by atoms with Crippen molar-refractivity contribution in [2.75, 3.05) is 18.6 Å². The highest BCUT2D eigenvalue weighted by Gasteiger charge is 2.30. The molecule has 1 amide bonds. The molecule has 0 unspecified atom stereocenters. The van der Waals surface area contributed by atoms with Gasteiger partial charge in [-0.25, -0.2) is 4.98 Å². The standard InChI is InChI=1S/C29H26F3N3O4S/c1-39-24-4-2-3-22(15-24)25-18-40-28(34-25)35(17-20-7-11-23(12-8-20)29(30,31)32)16-19-5-9-21(10-6-19)27(38)33-14-13-26(36)37/h2-12,15,18H,13-14,16-17H2,1H3,(H,33,38)(H,36,37). The molecule has 0 fully saturated rings. The third-order valence-corrected chi connectivity index (χ3v) is 6.90. The topological polar surface area (TPSA) is 91.8 Å². The summed E-state index contributed by atoms with van der Waals surface area (Å²) in [5, 5.41) is 13.9. The van der Waals surface area contributed by atoms with Crippen LogP contribution < -0.4 is 15.0 Å². The number of aromatic nitrogens is 1. The summed E-state index contributed by atoms with van der Waals surface area (Å²) in [7, 11) is 1.59. The fourth-order valence-electron chi connectivity index (χ4n) is 3.90. The number of hydrogen-bond donors (Lipinski definition) is 2. The Morgan fingerprint density at radius 3 is 2.25 bits per heavy atom. The van der Waals surface area contributed by atoms with Gasteiger partial charge in [0, 0.05) is 36.1 Å². The fourth-order valence-corrected chi connectivity index (χ4v) is 4.74. The first-order valence-corrected chi connectivity index (χ1v) is 13.1. The summed E-state index contributed by atoms with van der Waals surface area (Å²) in [4.78, 5) is 29.7. The van der Waals surface area contributed by atoms with Crippen molar-refractivity contribution in [2.45, 2.75) is 25.7 Å². The van der Waals surface area contributed by atoms with Crippen molar-refractivity contribution in [1.29, 1.82) is 0 Å². The first kappa shape index (κ1) is 28.6. The van der Waals surface area contributed by atoms with Crippen LogP contribution in [0.2, 0.25) is 0 Å². The number of anilines is 1. The van der Waals surface area contributed by atoms with Crippen LogP contribution >= 0.6 is 11.3 Å². The van der Waals surface area contributed by atoms with Crippen LogP contribution in [0.25, 0.3) is 11.3 Å². The third kappa shape index (κ3) is 7.60. The Bertz CT molecular complexity index is 1450. The Labute approximate surface area is 232 Å². The Kier molecular flexibility index (Phi) is 9.05. The lowest BCUT2D eigenvalue weighted by Gasteiger charge is -2.22. The largest absolute Gasteiger partial charge is 0.497 e. The van der Waals surface area contributed by atoms with Crippen LogP contribution in [0.15, 0.2) is 78.2 Å². The van der Waals surface area contributed by atoms with Crippen LogP contribution in [-0.2, 0) is 24.1 Å². The number of halogens is 3. The summed E-state index contributed by atoms with van der Waals surface area (Å²) in [6, 6.07) is 19.4. The third-order valence-electron chi connectivity index (χ3n) is 6.00. The van der Waals surface area contributed by atoms with Gasteiger partial charge in [0.05, 0.1) is 24.8 Å². The molecule has 7 nitrogen and oxygen atoms in total. The molecule has 11 heteroatoms. The van der Waals surface area contributed by atoms with E-state index in [1.807, 2.05) is 34.5 Å². The smallest absolute Gasteiger partial charge is 0.416 e. The summed E-state index contributed by atoms with van der Waals surface area (Å²) < 4.78 is 44.5. The number of ether oxygens (including phenoxy) is 1. The molecule has 208 valence electrons. The molecule has 0 radical (unpaired) electrons. The molecule has 1 heterocycles. The van der Waals surface area contributed by atoms with Crippen molar-refractivity contribution in [3.63, 3.8) is 0 Å². The quantitative estimate of drug-likeness (QED) is 0.222. The summed E-state index contributed by atoms with van der Waals surface area (Å²) in [5.41, 5.74) is 2.82. The molecule has 0 bridgehead atoms. The van der Waals surface area contributed by atoms with E-state index in [0.29, 0.717) is 35.1 Å². The van der Waals surface area contributed by atoms with Crippen molar-refractivity contribution in [3.05, 3.63) is 100 Å². The van der Waals surface area contributed by atoms with Crippen LogP contribution in [0, 0.1) is 0 Å². The van der Waals surface area contributed by atoms with E-state index < -0.39 is 17.7 Å². The molecule has 0 aliphatic carbocycles. The highest BCUT2D eigenvalue weighted by molar-refractivity contribution is 7.14. The molecule has 0 aliphatic heterocycles. The second kappa shape index (κ2) is 12.6. The van der Waals surface area contributed by atoms with Gasteiger partial charge in [-0.15, -0.1) is 11.3 Å². The van der Waals surface area contributed by atoms with Gasteiger partial charge in [0.1, 0.15) is 5.75 Å². The van der Waals surface area contributed by atoms with Gasteiger partial charge >= 0.3 is 12.1 Å². The van der Waals surface area contributed by atoms with Gasteiger partial charge in [0.15, 0.2) is 5.13 Å². The predicted molar refractivity (Wildman–Crippen MR) is 146 cm³/mol. The van der Waals surface area contributed by atoms with Crippen LogP contribution in [0.5, 0.6) is 5.75 Å². The van der Waals surface area contributed by atoms with Gasteiger partial charge < -0.3 is 20.1 Å². The van der Waals surface area contributed by atoms with E-state index in [0.717, 1.165) is 29.0 Å². The number of methoxy groups -OCH3 is 1. The first-order valence-electron chi connectivity index (χ1n) is 12.2.